The van der Waals surface area contributed by atoms with Crippen LogP contribution in [0.2, 0.25) is 0 Å². The molecular weight excluding hydrogens is 320 g/mol. The van der Waals surface area contributed by atoms with Gasteiger partial charge in [0.05, 0.1) is 18.8 Å². The van der Waals surface area contributed by atoms with E-state index in [0.717, 1.165) is 37.4 Å². The first kappa shape index (κ1) is 16.0. The number of fused-ring (bicyclic) bond motifs is 1. The van der Waals surface area contributed by atoms with Crippen LogP contribution >= 0.6 is 0 Å². The van der Waals surface area contributed by atoms with Crippen LogP contribution in [0.25, 0.3) is 10.9 Å². The number of aromatic nitrogens is 5. The van der Waals surface area contributed by atoms with Crippen LogP contribution < -0.4 is 4.90 Å². The number of H-pyrrole nitrogens is 1. The topological polar surface area (TPSA) is 92.1 Å². The third kappa shape index (κ3) is 2.87. The van der Waals surface area contributed by atoms with Crippen molar-refractivity contribution >= 4 is 16.9 Å². The number of nitrogens with zero attached hydrogens (tertiary/aromatic N) is 5. The molecule has 0 radical (unpaired) electrons. The van der Waals surface area contributed by atoms with Crippen LogP contribution in [-0.4, -0.2) is 62.7 Å². The molecule has 0 unspecified atom stereocenters. The molecule has 8 nitrogen and oxygen atoms in total. The van der Waals surface area contributed by atoms with Crippen molar-refractivity contribution in [3.05, 3.63) is 36.0 Å². The maximum Gasteiger partial charge on any atom is 0.245 e. The lowest BCUT2D eigenvalue weighted by molar-refractivity contribution is -0.0674. The van der Waals surface area contributed by atoms with E-state index in [0.29, 0.717) is 6.54 Å². The van der Waals surface area contributed by atoms with E-state index < -0.39 is 5.60 Å². The van der Waals surface area contributed by atoms with Gasteiger partial charge < -0.3 is 19.7 Å². The Morgan fingerprint density at radius 2 is 2.12 bits per heavy atom. The van der Waals surface area contributed by atoms with Gasteiger partial charge in [0.1, 0.15) is 0 Å². The van der Waals surface area contributed by atoms with E-state index in [1.165, 1.54) is 10.9 Å². The van der Waals surface area contributed by atoms with E-state index in [-0.39, 0.29) is 6.61 Å². The van der Waals surface area contributed by atoms with Crippen LogP contribution in [0.15, 0.2) is 30.5 Å². The van der Waals surface area contributed by atoms with E-state index in [2.05, 4.69) is 43.6 Å². The van der Waals surface area contributed by atoms with Gasteiger partial charge in [-0.05, 0) is 41.0 Å². The van der Waals surface area contributed by atoms with Crippen molar-refractivity contribution in [2.75, 3.05) is 31.7 Å². The van der Waals surface area contributed by atoms with Crippen molar-refractivity contribution in [2.45, 2.75) is 25.0 Å². The predicted octanol–water partition coefficient (Wildman–Crippen LogP) is 1.18. The van der Waals surface area contributed by atoms with Gasteiger partial charge in [-0.3, -0.25) is 0 Å². The molecule has 0 bridgehead atoms. The van der Waals surface area contributed by atoms with Gasteiger partial charge in [0.15, 0.2) is 0 Å². The summed E-state index contributed by atoms with van der Waals surface area (Å²) in [7, 11) is 1.66. The first-order valence-corrected chi connectivity index (χ1v) is 8.47. The molecule has 1 aromatic carbocycles. The van der Waals surface area contributed by atoms with Crippen molar-refractivity contribution in [3.63, 3.8) is 0 Å². The fourth-order valence-corrected chi connectivity index (χ4v) is 3.52. The number of aromatic amines is 1. The Kier molecular flexibility index (Phi) is 4.14. The van der Waals surface area contributed by atoms with E-state index >= 15 is 0 Å². The minimum absolute atomic E-state index is 0.0395. The Morgan fingerprint density at radius 1 is 1.28 bits per heavy atom. The molecule has 1 aliphatic rings. The van der Waals surface area contributed by atoms with Gasteiger partial charge in [-0.1, -0.05) is 17.2 Å². The summed E-state index contributed by atoms with van der Waals surface area (Å²) < 4.78 is 7.35. The summed E-state index contributed by atoms with van der Waals surface area (Å²) in [5, 5.41) is 23.0. The average Bonchev–Trinajstić information content (AvgIpc) is 3.32. The van der Waals surface area contributed by atoms with Gasteiger partial charge >= 0.3 is 0 Å². The minimum Gasteiger partial charge on any atom is -0.393 e. The Balaban J connectivity index is 1.55. The number of aliphatic hydroxyl groups excluding tert-OH is 1. The molecule has 0 amide bonds. The Bertz CT molecular complexity index is 844. The highest BCUT2D eigenvalue weighted by molar-refractivity contribution is 5.82. The van der Waals surface area contributed by atoms with Crippen molar-refractivity contribution < 1.29 is 9.84 Å². The molecule has 2 aromatic heterocycles. The molecule has 0 aliphatic carbocycles. The van der Waals surface area contributed by atoms with Crippen molar-refractivity contribution in [3.8, 4) is 0 Å². The fraction of sp³-hybridized carbons (Fsp3) is 0.471. The third-order valence-corrected chi connectivity index (χ3v) is 5.20. The molecule has 3 aromatic rings. The number of nitrogens with one attached hydrogen (secondary N) is 1. The van der Waals surface area contributed by atoms with Crippen molar-refractivity contribution in [2.24, 2.45) is 0 Å². The van der Waals surface area contributed by atoms with Gasteiger partial charge in [0.25, 0.3) is 0 Å². The molecule has 2 N–H and O–H groups in total. The number of anilines is 1. The molecule has 0 atom stereocenters. The molecular formula is C17H22N6O2. The number of hydrogen-bond donors (Lipinski definition) is 2. The third-order valence-electron chi connectivity index (χ3n) is 5.20. The van der Waals surface area contributed by atoms with E-state index in [4.69, 9.17) is 4.74 Å². The summed E-state index contributed by atoms with van der Waals surface area (Å²) in [4.78, 5) is 5.39. The molecule has 8 heteroatoms. The Morgan fingerprint density at radius 3 is 2.88 bits per heavy atom. The largest absolute Gasteiger partial charge is 0.393 e. The molecule has 0 spiro atoms. The number of piperidine rings is 1. The van der Waals surface area contributed by atoms with Gasteiger partial charge in [0.2, 0.25) is 5.95 Å². The molecule has 132 valence electrons. The monoisotopic (exact) mass is 342 g/mol. The van der Waals surface area contributed by atoms with Gasteiger partial charge in [0, 0.05) is 37.3 Å². The second-order valence-electron chi connectivity index (χ2n) is 6.52. The SMILES string of the molecule is COC1(CO)CCN(c2nnnn2Cc2cccc3[nH]ccc23)CC1. The fourth-order valence-electron chi connectivity index (χ4n) is 3.52. The summed E-state index contributed by atoms with van der Waals surface area (Å²) in [5.41, 5.74) is 1.84. The van der Waals surface area contributed by atoms with Crippen LogP contribution in [0.4, 0.5) is 5.95 Å². The number of tetrazole rings is 1. The number of methoxy groups -OCH3 is 1. The lowest BCUT2D eigenvalue weighted by Gasteiger charge is -2.39. The number of ether oxygens (including phenoxy) is 1. The van der Waals surface area contributed by atoms with Gasteiger partial charge in [-0.25, -0.2) is 4.68 Å². The molecule has 25 heavy (non-hydrogen) atoms. The Hall–Kier alpha value is -2.45. The zero-order chi connectivity index (χ0) is 17.3. The van der Waals surface area contributed by atoms with Crippen molar-refractivity contribution in [1.29, 1.82) is 0 Å². The lowest BCUT2D eigenvalue weighted by atomic mass is 9.92. The minimum atomic E-state index is -0.439. The maximum absolute atomic E-state index is 9.60. The quantitative estimate of drug-likeness (QED) is 0.723. The highest BCUT2D eigenvalue weighted by atomic mass is 16.5. The second kappa shape index (κ2) is 6.45. The van der Waals surface area contributed by atoms with E-state index in [9.17, 15) is 5.11 Å². The standard InChI is InChI=1S/C17H22N6O2/c1-25-17(12-24)6-9-22(10-7-17)16-19-20-21-23(16)11-13-3-2-4-15-14(13)5-8-18-15/h2-5,8,18,24H,6-7,9-12H2,1H3. The average molecular weight is 342 g/mol. The molecule has 4 rings (SSSR count). The highest BCUT2D eigenvalue weighted by Crippen LogP contribution is 2.28. The molecule has 1 fully saturated rings. The van der Waals surface area contributed by atoms with Crippen molar-refractivity contribution in [1.82, 2.24) is 25.2 Å². The number of hydrogen-bond acceptors (Lipinski definition) is 6. The summed E-state index contributed by atoms with van der Waals surface area (Å²) >= 11 is 0. The van der Waals surface area contributed by atoms with Crippen LogP contribution in [0.5, 0.6) is 0 Å². The molecule has 1 saturated heterocycles. The molecule has 1 aliphatic heterocycles. The normalized spacial score (nSPS) is 17.3. The summed E-state index contributed by atoms with van der Waals surface area (Å²) in [6.07, 6.45) is 3.44. The zero-order valence-electron chi connectivity index (χ0n) is 14.2. The zero-order valence-corrected chi connectivity index (χ0v) is 14.2. The highest BCUT2D eigenvalue weighted by Gasteiger charge is 2.35. The van der Waals surface area contributed by atoms with Gasteiger partial charge in [-0.15, -0.1) is 0 Å². The number of aliphatic hydroxyl groups is 1. The summed E-state index contributed by atoms with van der Waals surface area (Å²) in [6, 6.07) is 8.26. The number of rotatable bonds is 5. The predicted molar refractivity (Wildman–Crippen MR) is 93.5 cm³/mol. The molecule has 0 saturated carbocycles. The Labute approximate surface area is 145 Å². The first-order chi connectivity index (χ1) is 12.2. The van der Waals surface area contributed by atoms with Crippen LogP contribution in [0.3, 0.4) is 0 Å². The first-order valence-electron chi connectivity index (χ1n) is 8.47. The van der Waals surface area contributed by atoms with E-state index in [1.807, 2.05) is 16.9 Å². The number of benzene rings is 1. The van der Waals surface area contributed by atoms with Crippen LogP contribution in [0, 0.1) is 0 Å². The van der Waals surface area contributed by atoms with Crippen LogP contribution in [0.1, 0.15) is 18.4 Å². The van der Waals surface area contributed by atoms with Crippen LogP contribution in [-0.2, 0) is 11.3 Å². The maximum atomic E-state index is 9.60. The molecule has 3 heterocycles. The van der Waals surface area contributed by atoms with E-state index in [1.54, 1.807) is 7.11 Å². The smallest absolute Gasteiger partial charge is 0.245 e. The summed E-state index contributed by atoms with van der Waals surface area (Å²) in [6.45, 7) is 2.16. The van der Waals surface area contributed by atoms with Gasteiger partial charge in [-0.2, -0.15) is 0 Å². The summed E-state index contributed by atoms with van der Waals surface area (Å²) in [5.74, 6) is 0.759. The second-order valence-corrected chi connectivity index (χ2v) is 6.52. The lowest BCUT2D eigenvalue weighted by Crippen LogP contribution is -2.48.